The molecular weight excluding hydrogens is 371 g/mol. The van der Waals surface area contributed by atoms with Gasteiger partial charge in [-0.05, 0) is 24.5 Å². The summed E-state index contributed by atoms with van der Waals surface area (Å²) in [7, 11) is 0. The Kier molecular flexibility index (Phi) is 4.13. The molecule has 10 nitrogen and oxygen atoms in total. The van der Waals surface area contributed by atoms with Gasteiger partial charge in [-0.25, -0.2) is 4.79 Å². The molecule has 1 saturated heterocycles. The lowest BCUT2D eigenvalue weighted by Gasteiger charge is -2.42. The fraction of sp³-hybridized carbons (Fsp3) is 0.529. The molecule has 3 aliphatic rings. The van der Waals surface area contributed by atoms with Crippen LogP contribution in [0.5, 0.6) is 11.5 Å². The van der Waals surface area contributed by atoms with E-state index < -0.39 is 30.0 Å². The van der Waals surface area contributed by atoms with E-state index in [1.165, 1.54) is 6.92 Å². The number of benzene rings is 1. The summed E-state index contributed by atoms with van der Waals surface area (Å²) in [6, 6.07) is 3.26. The minimum absolute atomic E-state index is 0.0506. The third kappa shape index (κ3) is 3.10. The highest BCUT2D eigenvalue weighted by Gasteiger charge is 2.55. The minimum atomic E-state index is -3.09. The first-order valence-corrected chi connectivity index (χ1v) is 9.09. The summed E-state index contributed by atoms with van der Waals surface area (Å²) in [5, 5.41) is 38.8. The van der Waals surface area contributed by atoms with Gasteiger partial charge in [0.1, 0.15) is 23.0 Å². The van der Waals surface area contributed by atoms with Crippen LogP contribution in [0.1, 0.15) is 35.2 Å². The van der Waals surface area contributed by atoms with E-state index in [-0.39, 0.29) is 35.6 Å². The van der Waals surface area contributed by atoms with Gasteiger partial charge in [0.25, 0.3) is 0 Å². The van der Waals surface area contributed by atoms with Gasteiger partial charge in [-0.1, -0.05) is 18.3 Å². The van der Waals surface area contributed by atoms with Crippen LogP contribution in [0.4, 0.5) is 0 Å². The van der Waals surface area contributed by atoms with E-state index in [4.69, 9.17) is 20.2 Å². The molecule has 2 aliphatic heterocycles. The van der Waals surface area contributed by atoms with E-state index in [1.807, 2.05) is 0 Å². The monoisotopic (exact) mass is 393 g/mol. The van der Waals surface area contributed by atoms with Gasteiger partial charge in [0.05, 0.1) is 5.75 Å². The molecule has 4 rings (SSSR count). The number of hydrogen-bond donors (Lipinski definition) is 5. The van der Waals surface area contributed by atoms with Crippen LogP contribution in [0.25, 0.3) is 0 Å². The number of ether oxygens (including phenoxy) is 1. The fourth-order valence-corrected chi connectivity index (χ4v) is 4.05. The van der Waals surface area contributed by atoms with E-state index in [9.17, 15) is 24.7 Å². The number of nitrogens with zero attached hydrogens (tertiary/aromatic N) is 1. The number of nitrogens with two attached hydrogens (primary N) is 1. The Morgan fingerprint density at radius 1 is 1.36 bits per heavy atom. The van der Waals surface area contributed by atoms with Crippen LogP contribution in [0, 0.1) is 0 Å². The van der Waals surface area contributed by atoms with Gasteiger partial charge in [0, 0.05) is 19.6 Å². The molecule has 6 N–H and O–H groups in total. The summed E-state index contributed by atoms with van der Waals surface area (Å²) in [5.41, 5.74) is 4.76. The third-order valence-electron chi connectivity index (χ3n) is 5.71. The molecule has 0 radical (unpaired) electrons. The van der Waals surface area contributed by atoms with Crippen molar-refractivity contribution in [1.82, 2.24) is 4.90 Å². The summed E-state index contributed by atoms with van der Waals surface area (Å²) >= 11 is 0. The van der Waals surface area contributed by atoms with Gasteiger partial charge >= 0.3 is 18.7 Å². The largest absolute Gasteiger partial charge is 0.669 e. The third-order valence-corrected chi connectivity index (χ3v) is 5.71. The number of carboxylic acid groups (broad SMARTS) is 2. The molecule has 1 saturated carbocycles. The summed E-state index contributed by atoms with van der Waals surface area (Å²) in [4.78, 5) is 24.7. The average molecular weight is 393 g/mol. The van der Waals surface area contributed by atoms with Crippen LogP contribution in [-0.2, 0) is 4.79 Å². The SMILES string of the molecule is CC(N)(CN1CC(Oc2ccc3c(c2C(=O)O)O[B-](O)(O)[C@@H]2C[C@H]32)C1)C(=O)O. The quantitative estimate of drug-likeness (QED) is 0.395. The Morgan fingerprint density at radius 2 is 2.04 bits per heavy atom. The standard InChI is InChI=1S/C17H22BN2O8/c1-17(19,16(23)24)7-20-5-8(6-20)27-12-3-2-9-10-4-11(10)18(25,26)28-14(9)13(12)15(21)22/h2-3,8,10-11,25-26H,4-7,19H2,1H3,(H,21,22)(H,23,24)/q-1/t10-,11-,17?/m1/s1. The second-order valence-corrected chi connectivity index (χ2v) is 8.20. The molecule has 1 aromatic carbocycles. The van der Waals surface area contributed by atoms with Crippen molar-refractivity contribution in [2.75, 3.05) is 19.6 Å². The molecule has 2 fully saturated rings. The summed E-state index contributed by atoms with van der Waals surface area (Å²) in [5.74, 6) is -2.88. The number of hydrogen-bond acceptors (Lipinski definition) is 8. The van der Waals surface area contributed by atoms with Crippen molar-refractivity contribution in [3.05, 3.63) is 23.3 Å². The highest BCUT2D eigenvalue weighted by molar-refractivity contribution is 6.62. The summed E-state index contributed by atoms with van der Waals surface area (Å²) in [6.07, 6.45) is 0.203. The van der Waals surface area contributed by atoms with E-state index >= 15 is 0 Å². The first kappa shape index (κ1) is 19.0. The van der Waals surface area contributed by atoms with Crippen LogP contribution < -0.4 is 15.1 Å². The Labute approximate surface area is 160 Å². The van der Waals surface area contributed by atoms with Crippen LogP contribution in [0.3, 0.4) is 0 Å². The fourth-order valence-electron chi connectivity index (χ4n) is 4.05. The Bertz CT molecular complexity index is 852. The molecule has 28 heavy (non-hydrogen) atoms. The summed E-state index contributed by atoms with van der Waals surface area (Å²) in [6.45, 7) is -0.727. The summed E-state index contributed by atoms with van der Waals surface area (Å²) < 4.78 is 11.1. The second kappa shape index (κ2) is 6.08. The van der Waals surface area contributed by atoms with Crippen molar-refractivity contribution >= 4 is 18.7 Å². The molecule has 2 heterocycles. The number of carboxylic acids is 2. The maximum Gasteiger partial charge on any atom is 0.434 e. The average Bonchev–Trinajstić information content (AvgIpc) is 3.33. The van der Waals surface area contributed by atoms with Gasteiger partial charge in [-0.2, -0.15) is 0 Å². The lowest BCUT2D eigenvalue weighted by Crippen LogP contribution is -2.62. The number of rotatable bonds is 6. The van der Waals surface area contributed by atoms with Gasteiger partial charge in [0.2, 0.25) is 0 Å². The maximum atomic E-state index is 11.8. The highest BCUT2D eigenvalue weighted by atomic mass is 16.6. The van der Waals surface area contributed by atoms with Crippen molar-refractivity contribution in [3.63, 3.8) is 0 Å². The molecule has 0 aromatic heterocycles. The number of carbonyl (C=O) groups is 2. The molecule has 1 aromatic rings. The van der Waals surface area contributed by atoms with Crippen LogP contribution >= 0.6 is 0 Å². The molecule has 0 bridgehead atoms. The molecule has 1 aliphatic carbocycles. The minimum Gasteiger partial charge on any atom is -0.669 e. The van der Waals surface area contributed by atoms with Crippen molar-refractivity contribution in [2.45, 2.75) is 36.7 Å². The van der Waals surface area contributed by atoms with Crippen molar-refractivity contribution < 1.29 is 39.2 Å². The topological polar surface area (TPSA) is 163 Å². The van der Waals surface area contributed by atoms with E-state index in [0.717, 1.165) is 0 Å². The molecule has 152 valence electrons. The van der Waals surface area contributed by atoms with Crippen LogP contribution in [0.15, 0.2) is 12.1 Å². The normalized spacial score (nSPS) is 27.4. The zero-order valence-corrected chi connectivity index (χ0v) is 15.2. The lowest BCUT2D eigenvalue weighted by atomic mass is 9.68. The van der Waals surface area contributed by atoms with E-state index in [2.05, 4.69) is 0 Å². The second-order valence-electron chi connectivity index (χ2n) is 8.20. The van der Waals surface area contributed by atoms with Gasteiger partial charge in [-0.3, -0.25) is 9.69 Å². The molecule has 1 unspecified atom stereocenters. The smallest absolute Gasteiger partial charge is 0.434 e. The van der Waals surface area contributed by atoms with E-state index in [1.54, 1.807) is 17.0 Å². The molecular formula is C17H22BN2O8-. The van der Waals surface area contributed by atoms with Gasteiger partial charge in [-0.15, -0.1) is 0 Å². The van der Waals surface area contributed by atoms with Crippen molar-refractivity contribution in [1.29, 1.82) is 0 Å². The highest BCUT2D eigenvalue weighted by Crippen LogP contribution is 2.63. The molecule has 3 atom stereocenters. The lowest BCUT2D eigenvalue weighted by molar-refractivity contribution is -0.144. The van der Waals surface area contributed by atoms with Gasteiger partial charge < -0.3 is 35.4 Å². The first-order valence-electron chi connectivity index (χ1n) is 9.09. The molecule has 11 heteroatoms. The predicted molar refractivity (Wildman–Crippen MR) is 96.4 cm³/mol. The van der Waals surface area contributed by atoms with Crippen molar-refractivity contribution in [3.8, 4) is 11.5 Å². The maximum absolute atomic E-state index is 11.8. The zero-order valence-electron chi connectivity index (χ0n) is 15.2. The number of aliphatic carboxylic acids is 1. The molecule has 0 amide bonds. The van der Waals surface area contributed by atoms with Gasteiger partial charge in [0.15, 0.2) is 0 Å². The van der Waals surface area contributed by atoms with Crippen LogP contribution in [-0.4, -0.2) is 75.1 Å². The van der Waals surface area contributed by atoms with Crippen LogP contribution in [0.2, 0.25) is 5.82 Å². The van der Waals surface area contributed by atoms with Crippen molar-refractivity contribution in [2.24, 2.45) is 5.73 Å². The van der Waals surface area contributed by atoms with E-state index in [0.29, 0.717) is 25.1 Å². The number of fused-ring (bicyclic) bond motifs is 3. The number of likely N-dealkylation sites (tertiary alicyclic amines) is 1. The molecule has 0 spiro atoms. The zero-order chi connectivity index (χ0) is 20.4. The Hall–Kier alpha value is -2.34. The number of aromatic carboxylic acids is 1. The first-order chi connectivity index (χ1) is 13.0. The Morgan fingerprint density at radius 3 is 2.64 bits per heavy atom. The predicted octanol–water partition coefficient (Wildman–Crippen LogP) is -0.577. The Balaban J connectivity index is 1.50.